The lowest BCUT2D eigenvalue weighted by Gasteiger charge is -2.31. The van der Waals surface area contributed by atoms with Crippen LogP contribution in [0.4, 0.5) is 5.69 Å². The maximum absolute atomic E-state index is 12.9. The van der Waals surface area contributed by atoms with E-state index < -0.39 is 0 Å². The molecule has 1 amide bonds. The van der Waals surface area contributed by atoms with Crippen molar-refractivity contribution in [1.82, 2.24) is 4.90 Å². The summed E-state index contributed by atoms with van der Waals surface area (Å²) in [5, 5.41) is 0.619. The van der Waals surface area contributed by atoms with Gasteiger partial charge in [0.05, 0.1) is 12.8 Å². The molecule has 166 valence electrons. The molecule has 0 spiro atoms. The third-order valence-electron chi connectivity index (χ3n) is 5.67. The van der Waals surface area contributed by atoms with E-state index in [2.05, 4.69) is 32.7 Å². The fourth-order valence-electron chi connectivity index (χ4n) is 3.39. The van der Waals surface area contributed by atoms with E-state index in [0.717, 1.165) is 29.8 Å². The molecule has 6 heteroatoms. The summed E-state index contributed by atoms with van der Waals surface area (Å²) in [7, 11) is 3.72. The molecule has 1 aliphatic rings. The molecule has 31 heavy (non-hydrogen) atoms. The highest BCUT2D eigenvalue weighted by molar-refractivity contribution is 6.32. The fourth-order valence-corrected chi connectivity index (χ4v) is 3.58. The fraction of sp³-hybridized carbons (Fsp3) is 0.400. The van der Waals surface area contributed by atoms with Crippen molar-refractivity contribution >= 4 is 29.3 Å². The normalized spacial score (nSPS) is 13.7. The molecule has 1 aliphatic heterocycles. The molecule has 1 heterocycles. The summed E-state index contributed by atoms with van der Waals surface area (Å²) < 4.78 is 11.6. The average Bonchev–Trinajstić information content (AvgIpc) is 3.14. The Balaban J connectivity index is 1.75. The molecule has 2 aromatic carbocycles. The Hall–Kier alpha value is -2.50. The lowest BCUT2D eigenvalue weighted by atomic mass is 10.1. The zero-order chi connectivity index (χ0) is 22.6. The minimum atomic E-state index is -0.0812. The smallest absolute Gasteiger partial charge is 0.251 e. The molecular formula is C25H31ClN2O3. The number of halogens is 1. The first-order valence-corrected chi connectivity index (χ1v) is 10.9. The van der Waals surface area contributed by atoms with E-state index in [1.807, 2.05) is 36.4 Å². The first-order valence-electron chi connectivity index (χ1n) is 10.5. The van der Waals surface area contributed by atoms with Gasteiger partial charge in [-0.05, 0) is 63.6 Å². The van der Waals surface area contributed by atoms with Crippen molar-refractivity contribution in [3.05, 3.63) is 58.6 Å². The van der Waals surface area contributed by atoms with Crippen LogP contribution in [0.1, 0.15) is 31.9 Å². The molecule has 0 aromatic heterocycles. The Morgan fingerprint density at radius 2 is 1.97 bits per heavy atom. The van der Waals surface area contributed by atoms with E-state index in [9.17, 15) is 4.79 Å². The number of benzene rings is 2. The molecule has 0 bridgehead atoms. The van der Waals surface area contributed by atoms with Crippen LogP contribution in [0.25, 0.3) is 6.08 Å². The topological polar surface area (TPSA) is 42.0 Å². The number of methoxy groups -OCH3 is 1. The molecule has 0 atom stereocenters. The monoisotopic (exact) mass is 442 g/mol. The minimum Gasteiger partial charge on any atom is -0.493 e. The second-order valence-corrected chi connectivity index (χ2v) is 9.07. The van der Waals surface area contributed by atoms with Crippen molar-refractivity contribution in [3.63, 3.8) is 0 Å². The van der Waals surface area contributed by atoms with Gasteiger partial charge in [0, 0.05) is 35.8 Å². The van der Waals surface area contributed by atoms with Crippen LogP contribution in [-0.2, 0) is 11.2 Å². The van der Waals surface area contributed by atoms with Gasteiger partial charge in [-0.25, -0.2) is 0 Å². The van der Waals surface area contributed by atoms with Crippen LogP contribution in [-0.4, -0.2) is 50.2 Å². The van der Waals surface area contributed by atoms with E-state index >= 15 is 0 Å². The van der Waals surface area contributed by atoms with Crippen molar-refractivity contribution in [3.8, 4) is 11.5 Å². The maximum Gasteiger partial charge on any atom is 0.251 e. The summed E-state index contributed by atoms with van der Waals surface area (Å²) >= 11 is 6.19. The Labute approximate surface area is 190 Å². The van der Waals surface area contributed by atoms with Gasteiger partial charge in [-0.2, -0.15) is 0 Å². The predicted molar refractivity (Wildman–Crippen MR) is 127 cm³/mol. The van der Waals surface area contributed by atoms with Gasteiger partial charge in [0.2, 0.25) is 0 Å². The summed E-state index contributed by atoms with van der Waals surface area (Å²) in [5.41, 5.74) is 2.84. The number of likely N-dealkylation sites (N-methyl/N-ethyl adjacent to an activating group) is 1. The van der Waals surface area contributed by atoms with Gasteiger partial charge in [-0.15, -0.1) is 0 Å². The van der Waals surface area contributed by atoms with Crippen LogP contribution >= 0.6 is 11.6 Å². The maximum atomic E-state index is 12.9. The van der Waals surface area contributed by atoms with Crippen molar-refractivity contribution in [2.75, 3.05) is 38.8 Å². The highest BCUT2D eigenvalue weighted by Crippen LogP contribution is 2.39. The van der Waals surface area contributed by atoms with Crippen LogP contribution in [0, 0.1) is 0 Å². The van der Waals surface area contributed by atoms with Crippen molar-refractivity contribution < 1.29 is 14.3 Å². The quantitative estimate of drug-likeness (QED) is 0.562. The number of carbonyl (C=O) groups excluding carboxylic acids is 1. The molecule has 0 radical (unpaired) electrons. The third kappa shape index (κ3) is 5.60. The number of ether oxygens (including phenoxy) is 2. The van der Waals surface area contributed by atoms with Gasteiger partial charge in [-0.1, -0.05) is 29.8 Å². The SMILES string of the molecule is COc1cc2c(cc1OCCN(C)C(C)(C)C)N(C(=O)/C=C/c1ccccc1Cl)CC2. The highest BCUT2D eigenvalue weighted by Gasteiger charge is 2.26. The van der Waals surface area contributed by atoms with E-state index in [-0.39, 0.29) is 11.4 Å². The molecule has 0 saturated heterocycles. The number of amides is 1. The van der Waals surface area contributed by atoms with Gasteiger partial charge in [-0.3, -0.25) is 9.69 Å². The minimum absolute atomic E-state index is 0.0720. The van der Waals surface area contributed by atoms with Crippen LogP contribution < -0.4 is 14.4 Å². The summed E-state index contributed by atoms with van der Waals surface area (Å²) in [6.07, 6.45) is 4.11. The van der Waals surface area contributed by atoms with E-state index in [0.29, 0.717) is 29.7 Å². The molecular weight excluding hydrogens is 412 g/mol. The molecule has 5 nitrogen and oxygen atoms in total. The largest absolute Gasteiger partial charge is 0.493 e. The molecule has 0 aliphatic carbocycles. The zero-order valence-electron chi connectivity index (χ0n) is 18.9. The van der Waals surface area contributed by atoms with E-state index in [1.165, 1.54) is 0 Å². The van der Waals surface area contributed by atoms with Crippen LogP contribution in [0.2, 0.25) is 5.02 Å². The van der Waals surface area contributed by atoms with Gasteiger partial charge < -0.3 is 14.4 Å². The molecule has 3 rings (SSSR count). The number of hydrogen-bond acceptors (Lipinski definition) is 4. The van der Waals surface area contributed by atoms with Crippen LogP contribution in [0.3, 0.4) is 0 Å². The average molecular weight is 443 g/mol. The van der Waals surface area contributed by atoms with Gasteiger partial charge >= 0.3 is 0 Å². The zero-order valence-corrected chi connectivity index (χ0v) is 19.7. The molecule has 0 fully saturated rings. The Morgan fingerprint density at radius 3 is 2.65 bits per heavy atom. The summed E-state index contributed by atoms with van der Waals surface area (Å²) in [6.45, 7) is 8.45. The first kappa shape index (κ1) is 23.2. The van der Waals surface area contributed by atoms with Crippen LogP contribution in [0.5, 0.6) is 11.5 Å². The number of nitrogens with zero attached hydrogens (tertiary/aromatic N) is 2. The van der Waals surface area contributed by atoms with Gasteiger partial charge in [0.25, 0.3) is 5.91 Å². The second kappa shape index (κ2) is 9.75. The van der Waals surface area contributed by atoms with Crippen molar-refractivity contribution in [2.24, 2.45) is 0 Å². The first-order chi connectivity index (χ1) is 14.7. The standard InChI is InChI=1S/C25H31ClN2O3/c1-25(2,3)27(4)14-15-31-23-17-21-19(16-22(23)30-5)12-13-28(21)24(29)11-10-18-8-6-7-9-20(18)26/h6-11,16-17H,12-15H2,1-5H3/b11-10+. The lowest BCUT2D eigenvalue weighted by molar-refractivity contribution is -0.114. The Morgan fingerprint density at radius 1 is 1.23 bits per heavy atom. The number of rotatable bonds is 7. The van der Waals surface area contributed by atoms with Crippen LogP contribution in [0.15, 0.2) is 42.5 Å². The Kier molecular flexibility index (Phi) is 7.29. The second-order valence-electron chi connectivity index (χ2n) is 8.67. The summed E-state index contributed by atoms with van der Waals surface area (Å²) in [5.74, 6) is 1.26. The third-order valence-corrected chi connectivity index (χ3v) is 6.01. The summed E-state index contributed by atoms with van der Waals surface area (Å²) in [6, 6.07) is 11.3. The summed E-state index contributed by atoms with van der Waals surface area (Å²) in [4.78, 5) is 16.9. The van der Waals surface area contributed by atoms with Gasteiger partial charge in [0.1, 0.15) is 6.61 Å². The Bertz CT molecular complexity index is 966. The molecule has 2 aromatic rings. The number of anilines is 1. The molecule has 0 N–H and O–H groups in total. The molecule has 0 saturated carbocycles. The number of fused-ring (bicyclic) bond motifs is 1. The van der Waals surface area contributed by atoms with E-state index in [4.69, 9.17) is 21.1 Å². The van der Waals surface area contributed by atoms with Crippen molar-refractivity contribution in [1.29, 1.82) is 0 Å². The lowest BCUT2D eigenvalue weighted by Crippen LogP contribution is -2.40. The number of carbonyl (C=O) groups is 1. The number of hydrogen-bond donors (Lipinski definition) is 0. The van der Waals surface area contributed by atoms with Gasteiger partial charge in [0.15, 0.2) is 11.5 Å². The predicted octanol–water partition coefficient (Wildman–Crippen LogP) is 5.06. The van der Waals surface area contributed by atoms with Crippen molar-refractivity contribution in [2.45, 2.75) is 32.7 Å². The molecule has 0 unspecified atom stereocenters. The highest BCUT2D eigenvalue weighted by atomic mass is 35.5. The van der Waals surface area contributed by atoms with E-state index in [1.54, 1.807) is 24.2 Å².